The third-order valence-corrected chi connectivity index (χ3v) is 7.11. The number of amides is 1. The SMILES string of the molecule is COc1cc(/C=C2\CCCN(CC3C4=C(C=C(F)CC4)C[C@@H]3O)C2=O)ccc1-n1cnc(C)c1. The van der Waals surface area contributed by atoms with Crippen LogP contribution in [0.3, 0.4) is 0 Å². The molecular formula is C27H30FN3O3. The molecule has 6 nitrogen and oxygen atoms in total. The fourth-order valence-electron chi connectivity index (χ4n) is 5.38. The fraction of sp³-hybridized carbons (Fsp3) is 0.407. The van der Waals surface area contributed by atoms with Crippen molar-refractivity contribution in [3.05, 3.63) is 70.6 Å². The van der Waals surface area contributed by atoms with Crippen LogP contribution in [0, 0.1) is 12.8 Å². The van der Waals surface area contributed by atoms with Crippen LogP contribution in [0.2, 0.25) is 0 Å². The number of hydrogen-bond acceptors (Lipinski definition) is 4. The van der Waals surface area contributed by atoms with Crippen LogP contribution in [0.25, 0.3) is 11.8 Å². The average molecular weight is 464 g/mol. The smallest absolute Gasteiger partial charge is 0.249 e. The van der Waals surface area contributed by atoms with Gasteiger partial charge in [-0.25, -0.2) is 9.37 Å². The van der Waals surface area contributed by atoms with Crippen molar-refractivity contribution in [2.24, 2.45) is 5.92 Å². The van der Waals surface area contributed by atoms with Crippen molar-refractivity contribution in [1.29, 1.82) is 0 Å². The summed E-state index contributed by atoms with van der Waals surface area (Å²) in [6.07, 6.45) is 9.74. The topological polar surface area (TPSA) is 67.6 Å². The van der Waals surface area contributed by atoms with Crippen molar-refractivity contribution in [1.82, 2.24) is 14.5 Å². The Balaban J connectivity index is 1.35. The maximum absolute atomic E-state index is 13.7. The number of aliphatic hydroxyl groups excluding tert-OH is 1. The number of aryl methyl sites for hydroxylation is 1. The number of halogens is 1. The van der Waals surface area contributed by atoms with Crippen LogP contribution >= 0.6 is 0 Å². The molecule has 7 heteroatoms. The zero-order valence-electron chi connectivity index (χ0n) is 19.6. The Kier molecular flexibility index (Phi) is 6.13. The maximum atomic E-state index is 13.7. The van der Waals surface area contributed by atoms with Crippen LogP contribution in [0.1, 0.15) is 43.4 Å². The zero-order chi connectivity index (χ0) is 23.8. The van der Waals surface area contributed by atoms with Gasteiger partial charge in [-0.05, 0) is 68.0 Å². The number of methoxy groups -OCH3 is 1. The molecule has 0 bridgehead atoms. The number of nitrogens with zero attached hydrogens (tertiary/aromatic N) is 3. The number of hydrogen-bond donors (Lipinski definition) is 1. The maximum Gasteiger partial charge on any atom is 0.249 e. The second-order valence-electron chi connectivity index (χ2n) is 9.40. The molecule has 0 spiro atoms. The lowest BCUT2D eigenvalue weighted by molar-refractivity contribution is -0.129. The van der Waals surface area contributed by atoms with Gasteiger partial charge in [0.25, 0.3) is 0 Å². The minimum atomic E-state index is -0.557. The predicted molar refractivity (Wildman–Crippen MR) is 128 cm³/mol. The number of rotatable bonds is 5. The largest absolute Gasteiger partial charge is 0.495 e. The fourth-order valence-corrected chi connectivity index (χ4v) is 5.38. The number of piperidine rings is 1. The van der Waals surface area contributed by atoms with E-state index in [0.717, 1.165) is 46.5 Å². The van der Waals surface area contributed by atoms with Crippen LogP contribution < -0.4 is 4.74 Å². The monoisotopic (exact) mass is 463 g/mol. The van der Waals surface area contributed by atoms with E-state index >= 15 is 0 Å². The number of aromatic nitrogens is 2. The van der Waals surface area contributed by atoms with Crippen molar-refractivity contribution in [3.8, 4) is 11.4 Å². The minimum absolute atomic E-state index is 0.0123. The summed E-state index contributed by atoms with van der Waals surface area (Å²) >= 11 is 0. The summed E-state index contributed by atoms with van der Waals surface area (Å²) < 4.78 is 21.2. The standard InChI is InChI=1S/C27H30FN3O3/c1-17-14-31(16-29-17)24-8-5-18(11-26(24)34-2)10-19-4-3-9-30(27(19)33)15-23-22-7-6-21(28)12-20(22)13-25(23)32/h5,8,10-12,14,16,23,25,32H,3-4,6-7,9,13,15H2,1-2H3/b19-10+/t23?,25-/m0/s1. The molecule has 34 heavy (non-hydrogen) atoms. The summed E-state index contributed by atoms with van der Waals surface area (Å²) in [5, 5.41) is 10.6. The van der Waals surface area contributed by atoms with E-state index in [0.29, 0.717) is 38.1 Å². The number of ether oxygens (including phenoxy) is 1. The molecule has 1 aliphatic heterocycles. The lowest BCUT2D eigenvalue weighted by Gasteiger charge is -2.33. The number of carbonyl (C=O) groups excluding carboxylic acids is 1. The molecule has 2 heterocycles. The third-order valence-electron chi connectivity index (χ3n) is 7.11. The Morgan fingerprint density at radius 2 is 2.15 bits per heavy atom. The molecule has 2 aromatic rings. The number of allylic oxidation sites excluding steroid dienone is 2. The Morgan fingerprint density at radius 1 is 1.29 bits per heavy atom. The summed E-state index contributed by atoms with van der Waals surface area (Å²) in [5.74, 6) is 0.493. The molecule has 0 saturated carbocycles. The zero-order valence-corrected chi connectivity index (χ0v) is 19.6. The number of benzene rings is 1. The molecule has 5 rings (SSSR count). The minimum Gasteiger partial charge on any atom is -0.495 e. The van der Waals surface area contributed by atoms with E-state index in [2.05, 4.69) is 4.98 Å². The first-order valence-corrected chi connectivity index (χ1v) is 11.9. The second kappa shape index (κ2) is 9.22. The van der Waals surface area contributed by atoms with Crippen LogP contribution in [-0.2, 0) is 4.79 Å². The van der Waals surface area contributed by atoms with E-state index in [9.17, 15) is 14.3 Å². The van der Waals surface area contributed by atoms with E-state index in [1.54, 1.807) is 19.5 Å². The van der Waals surface area contributed by atoms with Gasteiger partial charge in [0.05, 0.1) is 30.9 Å². The van der Waals surface area contributed by atoms with Crippen molar-refractivity contribution < 1.29 is 19.0 Å². The lowest BCUT2D eigenvalue weighted by Crippen LogP contribution is -2.42. The molecule has 3 aliphatic rings. The molecule has 1 N–H and O–H groups in total. The summed E-state index contributed by atoms with van der Waals surface area (Å²) in [7, 11) is 1.63. The molecule has 178 valence electrons. The van der Waals surface area contributed by atoms with E-state index < -0.39 is 6.10 Å². The number of imidazole rings is 1. The highest BCUT2D eigenvalue weighted by Gasteiger charge is 2.37. The van der Waals surface area contributed by atoms with Gasteiger partial charge >= 0.3 is 0 Å². The van der Waals surface area contributed by atoms with Gasteiger partial charge in [0.15, 0.2) is 0 Å². The Hall–Kier alpha value is -3.19. The van der Waals surface area contributed by atoms with Gasteiger partial charge in [0.1, 0.15) is 11.6 Å². The van der Waals surface area contributed by atoms with E-state index in [1.165, 1.54) is 0 Å². The highest BCUT2D eigenvalue weighted by atomic mass is 19.1. The number of carbonyl (C=O) groups is 1. The molecule has 1 aromatic heterocycles. The average Bonchev–Trinajstić information content (AvgIpc) is 3.38. The van der Waals surface area contributed by atoms with Gasteiger partial charge in [-0.3, -0.25) is 4.79 Å². The van der Waals surface area contributed by atoms with Gasteiger partial charge in [-0.1, -0.05) is 11.6 Å². The van der Waals surface area contributed by atoms with E-state index in [1.807, 2.05) is 46.9 Å². The van der Waals surface area contributed by atoms with Gasteiger partial charge in [0.2, 0.25) is 5.91 Å². The lowest BCUT2D eigenvalue weighted by atomic mass is 9.90. The Bertz CT molecular complexity index is 1210. The van der Waals surface area contributed by atoms with Crippen molar-refractivity contribution in [3.63, 3.8) is 0 Å². The molecule has 1 amide bonds. The third kappa shape index (κ3) is 4.32. The summed E-state index contributed by atoms with van der Waals surface area (Å²) in [4.78, 5) is 19.5. The molecule has 0 radical (unpaired) electrons. The quantitative estimate of drug-likeness (QED) is 0.662. The molecule has 1 unspecified atom stereocenters. The van der Waals surface area contributed by atoms with Crippen molar-refractivity contribution in [2.75, 3.05) is 20.2 Å². The summed E-state index contributed by atoms with van der Waals surface area (Å²) in [5.41, 5.74) is 5.51. The highest BCUT2D eigenvalue weighted by molar-refractivity contribution is 5.98. The Morgan fingerprint density at radius 3 is 2.91 bits per heavy atom. The number of aliphatic hydroxyl groups is 1. The predicted octanol–water partition coefficient (Wildman–Crippen LogP) is 4.52. The van der Waals surface area contributed by atoms with Gasteiger partial charge in [-0.15, -0.1) is 0 Å². The first-order chi connectivity index (χ1) is 16.4. The van der Waals surface area contributed by atoms with Gasteiger partial charge < -0.3 is 19.3 Å². The molecule has 1 saturated heterocycles. The number of likely N-dealkylation sites (tertiary alicyclic amines) is 1. The van der Waals surface area contributed by atoms with Crippen LogP contribution in [0.15, 0.2) is 59.3 Å². The van der Waals surface area contributed by atoms with Gasteiger partial charge in [-0.2, -0.15) is 0 Å². The van der Waals surface area contributed by atoms with Crippen LogP contribution in [0.5, 0.6) is 5.75 Å². The highest BCUT2D eigenvalue weighted by Crippen LogP contribution is 2.41. The van der Waals surface area contributed by atoms with Crippen LogP contribution in [-0.4, -0.2) is 51.8 Å². The van der Waals surface area contributed by atoms with Crippen LogP contribution in [0.4, 0.5) is 4.39 Å². The van der Waals surface area contributed by atoms with E-state index in [4.69, 9.17) is 4.74 Å². The second-order valence-corrected chi connectivity index (χ2v) is 9.40. The first kappa shape index (κ1) is 22.6. The van der Waals surface area contributed by atoms with E-state index in [-0.39, 0.29) is 17.7 Å². The summed E-state index contributed by atoms with van der Waals surface area (Å²) in [6.45, 7) is 3.09. The van der Waals surface area contributed by atoms with Crippen molar-refractivity contribution in [2.45, 2.75) is 45.1 Å². The van der Waals surface area contributed by atoms with Gasteiger partial charge in [0, 0.05) is 37.2 Å². The molecule has 1 aromatic carbocycles. The molecule has 1 fully saturated rings. The van der Waals surface area contributed by atoms with Crippen molar-refractivity contribution >= 4 is 12.0 Å². The molecule has 2 aliphatic carbocycles. The molecule has 2 atom stereocenters. The Labute approximate surface area is 199 Å². The first-order valence-electron chi connectivity index (χ1n) is 11.9. The normalized spacial score (nSPS) is 24.0. The molecular weight excluding hydrogens is 433 g/mol. The summed E-state index contributed by atoms with van der Waals surface area (Å²) in [6, 6.07) is 5.88.